The topological polar surface area (TPSA) is 82.6 Å². The average molecular weight is 477 g/mol. The van der Waals surface area contributed by atoms with Crippen molar-refractivity contribution in [3.05, 3.63) is 120 Å². The maximum absolute atomic E-state index is 12.5. The lowest BCUT2D eigenvalue weighted by Crippen LogP contribution is -2.19. The Morgan fingerprint density at radius 3 is 1.94 bits per heavy atom. The van der Waals surface area contributed by atoms with Gasteiger partial charge in [-0.25, -0.2) is 4.99 Å². The van der Waals surface area contributed by atoms with Crippen molar-refractivity contribution < 1.29 is 9.59 Å². The largest absolute Gasteiger partial charge is 0.378 e. The van der Waals surface area contributed by atoms with Crippen molar-refractivity contribution in [2.45, 2.75) is 13.8 Å². The zero-order valence-electron chi connectivity index (χ0n) is 20.3. The van der Waals surface area contributed by atoms with Gasteiger partial charge in [0.05, 0.1) is 23.6 Å². The van der Waals surface area contributed by atoms with Crippen molar-refractivity contribution in [2.75, 3.05) is 22.5 Å². The molecule has 4 aromatic carbocycles. The van der Waals surface area contributed by atoms with Gasteiger partial charge in [-0.1, -0.05) is 62.4 Å². The first-order valence-electron chi connectivity index (χ1n) is 11.9. The van der Waals surface area contributed by atoms with E-state index in [1.54, 1.807) is 24.3 Å². The fourth-order valence-corrected chi connectivity index (χ4v) is 3.71. The van der Waals surface area contributed by atoms with Crippen LogP contribution in [0.5, 0.6) is 0 Å². The van der Waals surface area contributed by atoms with Gasteiger partial charge >= 0.3 is 0 Å². The molecule has 1 aliphatic heterocycles. The minimum absolute atomic E-state index is 0.161. The summed E-state index contributed by atoms with van der Waals surface area (Å²) in [5.41, 5.74) is 6.03. The highest BCUT2D eigenvalue weighted by atomic mass is 16.2. The normalized spacial score (nSPS) is 11.6. The summed E-state index contributed by atoms with van der Waals surface area (Å²) in [6, 6.07) is 31.4. The molecule has 0 aliphatic carbocycles. The third-order valence-corrected chi connectivity index (χ3v) is 5.51. The summed E-state index contributed by atoms with van der Waals surface area (Å²) in [5, 5.41) is 9.18. The number of para-hydroxylation sites is 1. The van der Waals surface area contributed by atoms with Gasteiger partial charge in [0.25, 0.3) is 11.8 Å². The van der Waals surface area contributed by atoms with Gasteiger partial charge in [-0.2, -0.15) is 0 Å². The van der Waals surface area contributed by atoms with Crippen LogP contribution in [0.1, 0.15) is 40.1 Å². The standard InChI is InChI=1S/C28H22N4O2.C2H6/c33-27(20-7-3-1-4-8-20)31-23-15-16-24-25(17-23)32-26(18-29-24)19-11-13-21(14-12-19)28(34)30-22-9-5-2-6-10-22;1-2/h1-17,29H,18H2,(H,30,34)(H,31,33);1-2H3. The van der Waals surface area contributed by atoms with Crippen molar-refractivity contribution in [1.82, 2.24) is 0 Å². The van der Waals surface area contributed by atoms with E-state index < -0.39 is 0 Å². The molecule has 0 atom stereocenters. The van der Waals surface area contributed by atoms with E-state index in [0.29, 0.717) is 23.4 Å². The zero-order valence-corrected chi connectivity index (χ0v) is 20.3. The number of nitrogens with zero attached hydrogens (tertiary/aromatic N) is 1. The van der Waals surface area contributed by atoms with E-state index in [-0.39, 0.29) is 11.8 Å². The van der Waals surface area contributed by atoms with Crippen molar-refractivity contribution >= 4 is 40.3 Å². The van der Waals surface area contributed by atoms with Gasteiger partial charge < -0.3 is 16.0 Å². The molecule has 1 aliphatic rings. The lowest BCUT2D eigenvalue weighted by molar-refractivity contribution is 0.101. The number of nitrogens with one attached hydrogen (secondary N) is 3. The van der Waals surface area contributed by atoms with Crippen LogP contribution in [0.4, 0.5) is 22.7 Å². The predicted octanol–water partition coefficient (Wildman–Crippen LogP) is 6.76. The number of hydrogen-bond acceptors (Lipinski definition) is 4. The molecule has 3 N–H and O–H groups in total. The van der Waals surface area contributed by atoms with Crippen LogP contribution >= 0.6 is 0 Å². The molecular weight excluding hydrogens is 448 g/mol. The summed E-state index contributed by atoms with van der Waals surface area (Å²) >= 11 is 0. The van der Waals surface area contributed by atoms with Crippen molar-refractivity contribution in [3.63, 3.8) is 0 Å². The number of aliphatic imine (C=N–C) groups is 1. The summed E-state index contributed by atoms with van der Waals surface area (Å²) < 4.78 is 0. The molecule has 0 saturated carbocycles. The molecule has 0 unspecified atom stereocenters. The molecule has 6 heteroatoms. The molecule has 1 heterocycles. The molecule has 0 bridgehead atoms. The van der Waals surface area contributed by atoms with Crippen LogP contribution < -0.4 is 16.0 Å². The minimum Gasteiger partial charge on any atom is -0.378 e. The van der Waals surface area contributed by atoms with Crippen LogP contribution in [-0.2, 0) is 0 Å². The van der Waals surface area contributed by atoms with E-state index in [1.165, 1.54) is 0 Å². The quantitative estimate of drug-likeness (QED) is 0.297. The SMILES string of the molecule is CC.O=C(Nc1ccccc1)c1ccc(C2=Nc3cc(NC(=O)c4ccccc4)ccc3NC2)cc1. The summed E-state index contributed by atoms with van der Waals surface area (Å²) in [6.45, 7) is 4.57. The Morgan fingerprint density at radius 1 is 0.694 bits per heavy atom. The average Bonchev–Trinajstić information content (AvgIpc) is 2.95. The Hall–Kier alpha value is -4.71. The molecule has 0 radical (unpaired) electrons. The first kappa shape index (κ1) is 24.4. The number of rotatable bonds is 5. The van der Waals surface area contributed by atoms with Crippen molar-refractivity contribution in [1.29, 1.82) is 0 Å². The maximum atomic E-state index is 12.5. The zero-order chi connectivity index (χ0) is 25.3. The first-order chi connectivity index (χ1) is 17.7. The number of carbonyl (C=O) groups excluding carboxylic acids is 2. The van der Waals surface area contributed by atoms with Crippen molar-refractivity contribution in [2.24, 2.45) is 4.99 Å². The molecular formula is C30H28N4O2. The van der Waals surface area contributed by atoms with E-state index in [0.717, 1.165) is 28.3 Å². The fraction of sp³-hybridized carbons (Fsp3) is 0.100. The highest BCUT2D eigenvalue weighted by molar-refractivity contribution is 6.09. The third-order valence-electron chi connectivity index (χ3n) is 5.51. The van der Waals surface area contributed by atoms with Gasteiger partial charge in [-0.15, -0.1) is 0 Å². The first-order valence-corrected chi connectivity index (χ1v) is 11.9. The molecule has 0 fully saturated rings. The Labute approximate surface area is 211 Å². The number of anilines is 3. The number of carbonyl (C=O) groups is 2. The Morgan fingerprint density at radius 2 is 1.28 bits per heavy atom. The predicted molar refractivity (Wildman–Crippen MR) is 148 cm³/mol. The van der Waals surface area contributed by atoms with Crippen LogP contribution in [0, 0.1) is 0 Å². The second-order valence-electron chi connectivity index (χ2n) is 7.86. The lowest BCUT2D eigenvalue weighted by Gasteiger charge is -2.19. The minimum atomic E-state index is -0.169. The smallest absolute Gasteiger partial charge is 0.255 e. The second kappa shape index (κ2) is 11.6. The van der Waals surface area contributed by atoms with Gasteiger partial charge in [-0.3, -0.25) is 9.59 Å². The van der Waals surface area contributed by atoms with Crippen molar-refractivity contribution in [3.8, 4) is 0 Å². The fourth-order valence-electron chi connectivity index (χ4n) is 3.71. The number of benzene rings is 4. The molecule has 0 aromatic heterocycles. The van der Waals surface area contributed by atoms with Crippen LogP contribution in [0.15, 0.2) is 108 Å². The Balaban J connectivity index is 0.00000148. The van der Waals surface area contributed by atoms with E-state index >= 15 is 0 Å². The molecule has 180 valence electrons. The number of fused-ring (bicyclic) bond motifs is 1. The number of hydrogen-bond donors (Lipinski definition) is 3. The summed E-state index contributed by atoms with van der Waals surface area (Å²) in [6.07, 6.45) is 0. The van der Waals surface area contributed by atoms with E-state index in [9.17, 15) is 9.59 Å². The Kier molecular flexibility index (Phi) is 7.88. The Bertz CT molecular complexity index is 1370. The van der Waals surface area contributed by atoms with Gasteiger partial charge in [-0.05, 0) is 60.2 Å². The third kappa shape index (κ3) is 5.85. The van der Waals surface area contributed by atoms with E-state index in [4.69, 9.17) is 4.99 Å². The summed E-state index contributed by atoms with van der Waals surface area (Å²) in [5.74, 6) is -0.330. The molecule has 36 heavy (non-hydrogen) atoms. The van der Waals surface area contributed by atoms with Gasteiger partial charge in [0.15, 0.2) is 0 Å². The van der Waals surface area contributed by atoms with E-state index in [1.807, 2.05) is 92.7 Å². The van der Waals surface area contributed by atoms with Crippen LogP contribution in [0.2, 0.25) is 0 Å². The molecule has 5 rings (SSSR count). The van der Waals surface area contributed by atoms with Crippen LogP contribution in [0.25, 0.3) is 0 Å². The molecule has 0 spiro atoms. The molecule has 4 aromatic rings. The van der Waals surface area contributed by atoms with Gasteiger partial charge in [0.2, 0.25) is 0 Å². The maximum Gasteiger partial charge on any atom is 0.255 e. The number of amides is 2. The highest BCUT2D eigenvalue weighted by Crippen LogP contribution is 2.32. The molecule has 0 saturated heterocycles. The van der Waals surface area contributed by atoms with Gasteiger partial charge in [0.1, 0.15) is 0 Å². The van der Waals surface area contributed by atoms with Gasteiger partial charge in [0, 0.05) is 22.5 Å². The summed E-state index contributed by atoms with van der Waals surface area (Å²) in [7, 11) is 0. The van der Waals surface area contributed by atoms with E-state index in [2.05, 4.69) is 16.0 Å². The molecule has 2 amide bonds. The second-order valence-corrected chi connectivity index (χ2v) is 7.86. The highest BCUT2D eigenvalue weighted by Gasteiger charge is 2.15. The van der Waals surface area contributed by atoms with Crippen LogP contribution in [-0.4, -0.2) is 24.1 Å². The summed E-state index contributed by atoms with van der Waals surface area (Å²) in [4.78, 5) is 29.8. The monoisotopic (exact) mass is 476 g/mol. The lowest BCUT2D eigenvalue weighted by atomic mass is 10.0. The van der Waals surface area contributed by atoms with Crippen LogP contribution in [0.3, 0.4) is 0 Å². The molecule has 6 nitrogen and oxygen atoms in total.